The van der Waals surface area contributed by atoms with Crippen LogP contribution < -0.4 is 11.1 Å². The summed E-state index contributed by atoms with van der Waals surface area (Å²) in [5.41, 5.74) is 7.96. The van der Waals surface area contributed by atoms with Crippen molar-refractivity contribution in [3.63, 3.8) is 0 Å². The van der Waals surface area contributed by atoms with Gasteiger partial charge in [0.25, 0.3) is 5.91 Å². The highest BCUT2D eigenvalue weighted by Crippen LogP contribution is 2.26. The van der Waals surface area contributed by atoms with Crippen molar-refractivity contribution in [3.8, 4) is 0 Å². The smallest absolute Gasteiger partial charge is 0.258 e. The van der Waals surface area contributed by atoms with Crippen molar-refractivity contribution in [2.45, 2.75) is 13.8 Å². The summed E-state index contributed by atoms with van der Waals surface area (Å²) in [5, 5.41) is 2.53. The molecule has 3 N–H and O–H groups in total. The summed E-state index contributed by atoms with van der Waals surface area (Å²) in [6.45, 7) is 3.66. The van der Waals surface area contributed by atoms with E-state index < -0.39 is 17.5 Å². The highest BCUT2D eigenvalue weighted by atomic mass is 19.1. The summed E-state index contributed by atoms with van der Waals surface area (Å²) in [6, 6.07) is 6.20. The second kappa shape index (κ2) is 5.28. The Labute approximate surface area is 115 Å². The van der Waals surface area contributed by atoms with Gasteiger partial charge in [0.15, 0.2) is 0 Å². The van der Waals surface area contributed by atoms with Crippen LogP contribution >= 0.6 is 0 Å². The van der Waals surface area contributed by atoms with E-state index in [1.54, 1.807) is 13.0 Å². The first-order valence-corrected chi connectivity index (χ1v) is 6.02. The van der Waals surface area contributed by atoms with Crippen molar-refractivity contribution >= 4 is 17.3 Å². The first-order chi connectivity index (χ1) is 9.40. The predicted octanol–water partition coefficient (Wildman–Crippen LogP) is 3.42. The van der Waals surface area contributed by atoms with Gasteiger partial charge in [-0.2, -0.15) is 0 Å². The van der Waals surface area contributed by atoms with Gasteiger partial charge in [-0.05, 0) is 49.2 Å². The highest BCUT2D eigenvalue weighted by molar-refractivity contribution is 6.06. The quantitative estimate of drug-likeness (QED) is 0.826. The lowest BCUT2D eigenvalue weighted by molar-refractivity contribution is 0.102. The molecule has 0 aliphatic carbocycles. The van der Waals surface area contributed by atoms with Crippen LogP contribution in [0.4, 0.5) is 20.2 Å². The van der Waals surface area contributed by atoms with Crippen LogP contribution in [0.2, 0.25) is 0 Å². The molecule has 20 heavy (non-hydrogen) atoms. The summed E-state index contributed by atoms with van der Waals surface area (Å²) < 4.78 is 26.6. The largest absolute Gasteiger partial charge is 0.397 e. The third kappa shape index (κ3) is 2.61. The Morgan fingerprint density at radius 1 is 1.15 bits per heavy atom. The van der Waals surface area contributed by atoms with Crippen molar-refractivity contribution < 1.29 is 13.6 Å². The molecule has 0 aliphatic rings. The van der Waals surface area contributed by atoms with E-state index in [-0.39, 0.29) is 5.56 Å². The van der Waals surface area contributed by atoms with Gasteiger partial charge in [0.1, 0.15) is 11.6 Å². The van der Waals surface area contributed by atoms with Crippen molar-refractivity contribution in [2.75, 3.05) is 11.1 Å². The van der Waals surface area contributed by atoms with Crippen LogP contribution in [0.3, 0.4) is 0 Å². The van der Waals surface area contributed by atoms with Gasteiger partial charge in [-0.3, -0.25) is 4.79 Å². The molecule has 0 radical (unpaired) electrons. The molecule has 1 amide bonds. The SMILES string of the molecule is Cc1ccc(N)c(NC(=O)c2cc(F)ccc2F)c1C. The Morgan fingerprint density at radius 3 is 2.55 bits per heavy atom. The maximum Gasteiger partial charge on any atom is 0.258 e. The van der Waals surface area contributed by atoms with Crippen LogP contribution in [0.15, 0.2) is 30.3 Å². The molecular formula is C15H14F2N2O. The van der Waals surface area contributed by atoms with E-state index in [9.17, 15) is 13.6 Å². The van der Waals surface area contributed by atoms with Crippen molar-refractivity contribution in [3.05, 3.63) is 58.7 Å². The molecule has 0 bridgehead atoms. The minimum atomic E-state index is -0.784. The molecule has 0 aliphatic heterocycles. The number of nitrogens with two attached hydrogens (primary N) is 1. The predicted molar refractivity (Wildman–Crippen MR) is 74.6 cm³/mol. The Morgan fingerprint density at radius 2 is 1.85 bits per heavy atom. The Hall–Kier alpha value is -2.43. The third-order valence-electron chi connectivity index (χ3n) is 3.18. The number of nitrogen functional groups attached to an aromatic ring is 1. The lowest BCUT2D eigenvalue weighted by Gasteiger charge is -2.13. The topological polar surface area (TPSA) is 55.1 Å². The molecule has 2 aromatic carbocycles. The number of halogens is 2. The number of carbonyl (C=O) groups excluding carboxylic acids is 1. The molecule has 0 fully saturated rings. The Bertz CT molecular complexity index is 684. The Balaban J connectivity index is 2.38. The van der Waals surface area contributed by atoms with Crippen LogP contribution in [-0.4, -0.2) is 5.91 Å². The van der Waals surface area contributed by atoms with Crippen LogP contribution in [0.1, 0.15) is 21.5 Å². The van der Waals surface area contributed by atoms with Crippen LogP contribution in [0.25, 0.3) is 0 Å². The van der Waals surface area contributed by atoms with E-state index in [4.69, 9.17) is 5.73 Å². The first-order valence-electron chi connectivity index (χ1n) is 6.02. The summed E-state index contributed by atoms with van der Waals surface area (Å²) in [4.78, 5) is 12.0. The fourth-order valence-electron chi connectivity index (χ4n) is 1.86. The minimum Gasteiger partial charge on any atom is -0.397 e. The van der Waals surface area contributed by atoms with E-state index in [1.165, 1.54) is 0 Å². The number of aryl methyl sites for hydroxylation is 1. The maximum absolute atomic E-state index is 13.5. The molecule has 0 saturated carbocycles. The molecule has 2 rings (SSSR count). The summed E-state index contributed by atoms with van der Waals surface area (Å²) in [6.07, 6.45) is 0. The molecule has 0 heterocycles. The average Bonchev–Trinajstić information content (AvgIpc) is 2.41. The van der Waals surface area contributed by atoms with Crippen molar-refractivity contribution in [1.29, 1.82) is 0 Å². The molecule has 0 atom stereocenters. The normalized spacial score (nSPS) is 10.4. The monoisotopic (exact) mass is 276 g/mol. The zero-order valence-corrected chi connectivity index (χ0v) is 11.1. The molecule has 104 valence electrons. The Kier molecular flexibility index (Phi) is 3.70. The third-order valence-corrected chi connectivity index (χ3v) is 3.18. The van der Waals surface area contributed by atoms with Crippen LogP contribution in [0.5, 0.6) is 0 Å². The molecule has 0 spiro atoms. The molecule has 0 aromatic heterocycles. The second-order valence-electron chi connectivity index (χ2n) is 4.55. The van der Waals surface area contributed by atoms with E-state index in [0.29, 0.717) is 11.4 Å². The van der Waals surface area contributed by atoms with Gasteiger partial charge in [-0.25, -0.2) is 8.78 Å². The minimum absolute atomic E-state index is 0.356. The molecule has 0 saturated heterocycles. The molecule has 2 aromatic rings. The van der Waals surface area contributed by atoms with Crippen molar-refractivity contribution in [2.24, 2.45) is 0 Å². The zero-order chi connectivity index (χ0) is 14.9. The lowest BCUT2D eigenvalue weighted by Crippen LogP contribution is -2.16. The van der Waals surface area contributed by atoms with Gasteiger partial charge in [0.2, 0.25) is 0 Å². The van der Waals surface area contributed by atoms with Gasteiger partial charge >= 0.3 is 0 Å². The van der Waals surface area contributed by atoms with Gasteiger partial charge < -0.3 is 11.1 Å². The number of anilines is 2. The lowest BCUT2D eigenvalue weighted by atomic mass is 10.1. The number of rotatable bonds is 2. The number of benzene rings is 2. The molecule has 3 nitrogen and oxygen atoms in total. The number of carbonyl (C=O) groups is 1. The van der Waals surface area contributed by atoms with Gasteiger partial charge in [0, 0.05) is 0 Å². The molecule has 0 unspecified atom stereocenters. The number of amides is 1. The van der Waals surface area contributed by atoms with Crippen LogP contribution in [-0.2, 0) is 0 Å². The summed E-state index contributed by atoms with van der Waals surface area (Å²) in [7, 11) is 0. The van der Waals surface area contributed by atoms with E-state index >= 15 is 0 Å². The summed E-state index contributed by atoms with van der Waals surface area (Å²) in [5.74, 6) is -2.19. The standard InChI is InChI=1S/C15H14F2N2O/c1-8-3-6-13(18)14(9(8)2)19-15(20)11-7-10(16)4-5-12(11)17/h3-7H,18H2,1-2H3,(H,19,20). The fraction of sp³-hybridized carbons (Fsp3) is 0.133. The van der Waals surface area contributed by atoms with E-state index in [2.05, 4.69) is 5.32 Å². The highest BCUT2D eigenvalue weighted by Gasteiger charge is 2.15. The number of hydrogen-bond donors (Lipinski definition) is 2. The maximum atomic E-state index is 13.5. The average molecular weight is 276 g/mol. The number of nitrogens with one attached hydrogen (secondary N) is 1. The second-order valence-corrected chi connectivity index (χ2v) is 4.55. The van der Waals surface area contributed by atoms with Gasteiger partial charge in [0.05, 0.1) is 16.9 Å². The number of hydrogen-bond acceptors (Lipinski definition) is 2. The first kappa shape index (κ1) is 14.0. The van der Waals surface area contributed by atoms with Crippen molar-refractivity contribution in [1.82, 2.24) is 0 Å². The van der Waals surface area contributed by atoms with Gasteiger partial charge in [-0.15, -0.1) is 0 Å². The molecule has 5 heteroatoms. The zero-order valence-electron chi connectivity index (χ0n) is 11.1. The fourth-order valence-corrected chi connectivity index (χ4v) is 1.86. The summed E-state index contributed by atoms with van der Waals surface area (Å²) >= 11 is 0. The molecular weight excluding hydrogens is 262 g/mol. The van der Waals surface area contributed by atoms with E-state index in [0.717, 1.165) is 29.3 Å². The van der Waals surface area contributed by atoms with Crippen LogP contribution in [0, 0.1) is 25.5 Å². The van der Waals surface area contributed by atoms with Gasteiger partial charge in [-0.1, -0.05) is 6.07 Å². The van der Waals surface area contributed by atoms with E-state index in [1.807, 2.05) is 13.0 Å².